The molecular weight excluding hydrogens is 476 g/mol. The highest BCUT2D eigenvalue weighted by Gasteiger charge is 2.20. The summed E-state index contributed by atoms with van der Waals surface area (Å²) in [5.74, 6) is -0.295. The fourth-order valence-electron chi connectivity index (χ4n) is 3.92. The smallest absolute Gasteiger partial charge is 0.277 e. The zero-order valence-electron chi connectivity index (χ0n) is 18.2. The summed E-state index contributed by atoms with van der Waals surface area (Å²) in [7, 11) is 2.12. The van der Waals surface area contributed by atoms with Crippen molar-refractivity contribution in [1.29, 1.82) is 0 Å². The van der Waals surface area contributed by atoms with Crippen molar-refractivity contribution < 1.29 is 4.79 Å². The van der Waals surface area contributed by atoms with E-state index < -0.39 is 0 Å². The van der Waals surface area contributed by atoms with Gasteiger partial charge in [-0.1, -0.05) is 35.4 Å². The average Bonchev–Trinajstić information content (AvgIpc) is 3.36. The molecule has 4 rings (SSSR count). The predicted molar refractivity (Wildman–Crippen MR) is 141 cm³/mol. The van der Waals surface area contributed by atoms with E-state index in [0.717, 1.165) is 28.6 Å². The fraction of sp³-hybridized carbons (Fsp3) is 0.304. The van der Waals surface area contributed by atoms with Crippen molar-refractivity contribution in [3.8, 4) is 0 Å². The summed E-state index contributed by atoms with van der Waals surface area (Å²) in [4.78, 5) is 14.4. The number of benzene rings is 2. The number of hydrogen-bond donors (Lipinski definition) is 3. The van der Waals surface area contributed by atoms with Gasteiger partial charge in [-0.25, -0.2) is 0 Å². The number of aromatic nitrogens is 2. The molecule has 1 saturated carbocycles. The van der Waals surface area contributed by atoms with Crippen molar-refractivity contribution in [1.82, 2.24) is 9.59 Å². The zero-order chi connectivity index (χ0) is 23.2. The van der Waals surface area contributed by atoms with Crippen LogP contribution in [-0.2, 0) is 0 Å². The molecule has 0 spiro atoms. The first-order valence-electron chi connectivity index (χ1n) is 10.8. The fourth-order valence-corrected chi connectivity index (χ4v) is 4.91. The number of amides is 1. The minimum absolute atomic E-state index is 0.294. The van der Waals surface area contributed by atoms with Crippen LogP contribution in [0.25, 0.3) is 0 Å². The molecule has 1 heterocycles. The quantitative estimate of drug-likeness (QED) is 0.357. The van der Waals surface area contributed by atoms with Gasteiger partial charge in [-0.05, 0) is 79.1 Å². The normalized spacial score (nSPS) is 13.9. The Morgan fingerprint density at radius 3 is 2.30 bits per heavy atom. The summed E-state index contributed by atoms with van der Waals surface area (Å²) >= 11 is 13.2. The van der Waals surface area contributed by atoms with E-state index in [4.69, 9.17) is 23.8 Å². The molecule has 1 aromatic heterocycles. The van der Waals surface area contributed by atoms with E-state index in [1.807, 2.05) is 30.3 Å². The van der Waals surface area contributed by atoms with Gasteiger partial charge in [-0.2, -0.15) is 0 Å². The molecule has 7 nitrogen and oxygen atoms in total. The van der Waals surface area contributed by atoms with Crippen LogP contribution in [-0.4, -0.2) is 33.7 Å². The Morgan fingerprint density at radius 1 is 1.03 bits per heavy atom. The van der Waals surface area contributed by atoms with Crippen molar-refractivity contribution in [2.24, 2.45) is 0 Å². The number of rotatable bonds is 6. The second kappa shape index (κ2) is 10.9. The van der Waals surface area contributed by atoms with E-state index in [2.05, 4.69) is 37.5 Å². The van der Waals surface area contributed by atoms with Gasteiger partial charge in [0.15, 0.2) is 10.8 Å². The number of carbonyl (C=O) groups excluding carboxylic acids is 1. The number of carbonyl (C=O) groups is 1. The lowest BCUT2D eigenvalue weighted by Crippen LogP contribution is -2.33. The van der Waals surface area contributed by atoms with Gasteiger partial charge in [0.1, 0.15) is 0 Å². The summed E-state index contributed by atoms with van der Waals surface area (Å²) in [5.41, 5.74) is 3.60. The Hall–Kier alpha value is -2.75. The summed E-state index contributed by atoms with van der Waals surface area (Å²) < 4.78 is 3.69. The summed E-state index contributed by atoms with van der Waals surface area (Å²) in [6.45, 7) is 0. The lowest BCUT2D eigenvalue weighted by atomic mass is 9.94. The topological polar surface area (TPSA) is 82.2 Å². The highest BCUT2D eigenvalue weighted by Crippen LogP contribution is 2.33. The molecule has 0 saturated heterocycles. The first-order chi connectivity index (χ1) is 16.0. The van der Waals surface area contributed by atoms with E-state index in [-0.39, 0.29) is 5.91 Å². The van der Waals surface area contributed by atoms with Crippen LogP contribution in [0, 0.1) is 0 Å². The molecule has 10 heteroatoms. The van der Waals surface area contributed by atoms with Crippen LogP contribution in [0.5, 0.6) is 0 Å². The monoisotopic (exact) mass is 500 g/mol. The van der Waals surface area contributed by atoms with E-state index >= 15 is 0 Å². The number of thiocarbonyl (C=S) groups is 1. The number of nitrogens with one attached hydrogen (secondary N) is 3. The highest BCUT2D eigenvalue weighted by atomic mass is 35.5. The second-order valence-corrected chi connectivity index (χ2v) is 9.39. The first-order valence-corrected chi connectivity index (χ1v) is 12.4. The molecule has 1 aliphatic rings. The predicted octanol–water partition coefficient (Wildman–Crippen LogP) is 6.02. The zero-order valence-corrected chi connectivity index (χ0v) is 20.6. The summed E-state index contributed by atoms with van der Waals surface area (Å²) in [6.07, 6.45) is 6.31. The van der Waals surface area contributed by atoms with Gasteiger partial charge in [0.2, 0.25) is 0 Å². The van der Waals surface area contributed by atoms with Crippen LogP contribution in [0.15, 0.2) is 47.8 Å². The lowest BCUT2D eigenvalue weighted by molar-refractivity contribution is 0.102. The van der Waals surface area contributed by atoms with Gasteiger partial charge < -0.3 is 20.9 Å². The molecule has 3 aromatic rings. The third kappa shape index (κ3) is 6.19. The molecule has 0 aliphatic heterocycles. The second-order valence-electron chi connectivity index (χ2n) is 7.97. The molecule has 172 valence electrons. The van der Waals surface area contributed by atoms with E-state index in [9.17, 15) is 4.79 Å². The van der Waals surface area contributed by atoms with Gasteiger partial charge >= 0.3 is 0 Å². The maximum atomic E-state index is 12.1. The Morgan fingerprint density at radius 2 is 1.67 bits per heavy atom. The molecule has 0 atom stereocenters. The van der Waals surface area contributed by atoms with Crippen molar-refractivity contribution >= 4 is 69.1 Å². The van der Waals surface area contributed by atoms with Crippen molar-refractivity contribution in [2.45, 2.75) is 38.1 Å². The third-order valence-electron chi connectivity index (χ3n) is 5.70. The third-order valence-corrected chi connectivity index (χ3v) is 6.71. The Kier molecular flexibility index (Phi) is 7.74. The van der Waals surface area contributed by atoms with Crippen LogP contribution in [0.3, 0.4) is 0 Å². The van der Waals surface area contributed by atoms with Crippen molar-refractivity contribution in [3.05, 3.63) is 58.6 Å². The van der Waals surface area contributed by atoms with Crippen LogP contribution in [0.4, 0.5) is 22.7 Å². The highest BCUT2D eigenvalue weighted by molar-refractivity contribution is 7.80. The summed E-state index contributed by atoms with van der Waals surface area (Å²) in [5, 5.41) is 15.6. The van der Waals surface area contributed by atoms with Crippen LogP contribution >= 0.6 is 35.4 Å². The summed E-state index contributed by atoms with van der Waals surface area (Å²) in [6, 6.07) is 13.7. The molecule has 1 aliphatic carbocycles. The van der Waals surface area contributed by atoms with Gasteiger partial charge in [0, 0.05) is 35.5 Å². The van der Waals surface area contributed by atoms with Crippen molar-refractivity contribution in [3.63, 3.8) is 0 Å². The van der Waals surface area contributed by atoms with Gasteiger partial charge in [0.05, 0.1) is 10.7 Å². The molecule has 33 heavy (non-hydrogen) atoms. The van der Waals surface area contributed by atoms with Crippen LogP contribution in [0.1, 0.15) is 42.6 Å². The van der Waals surface area contributed by atoms with Crippen LogP contribution < -0.4 is 20.9 Å². The van der Waals surface area contributed by atoms with E-state index in [1.165, 1.54) is 32.1 Å². The molecule has 0 bridgehead atoms. The minimum Gasteiger partial charge on any atom is -0.370 e. The minimum atomic E-state index is -0.295. The standard InChI is InChI=1S/C23H25ClN6OS2/c1-30(18-5-3-2-4-6-18)21-12-11-17(13-19(21)24)27-23(32)26-16-9-7-15(8-10-16)25-22(31)20-14-33-29-28-20/h7-14,18H,2-6H2,1H3,(H,25,31)(H2,26,27,32). The molecule has 3 N–H and O–H groups in total. The van der Waals surface area contributed by atoms with E-state index in [1.54, 1.807) is 17.5 Å². The molecular formula is C23H25ClN6OS2. The lowest BCUT2D eigenvalue weighted by Gasteiger charge is -2.33. The maximum absolute atomic E-state index is 12.1. The average molecular weight is 501 g/mol. The van der Waals surface area contributed by atoms with Crippen LogP contribution in [0.2, 0.25) is 5.02 Å². The van der Waals surface area contributed by atoms with Gasteiger partial charge in [-0.15, -0.1) is 5.10 Å². The van der Waals surface area contributed by atoms with Crippen molar-refractivity contribution in [2.75, 3.05) is 27.9 Å². The molecule has 2 aromatic carbocycles. The molecule has 1 fully saturated rings. The molecule has 0 radical (unpaired) electrons. The Balaban J connectivity index is 1.32. The number of hydrogen-bond acceptors (Lipinski definition) is 6. The number of anilines is 4. The number of halogens is 1. The SMILES string of the molecule is CN(c1ccc(NC(=S)Nc2ccc(NC(=O)c3csnn3)cc2)cc1Cl)C1CCCCC1. The first kappa shape index (κ1) is 23.4. The number of nitrogens with zero attached hydrogens (tertiary/aromatic N) is 3. The van der Waals surface area contributed by atoms with Gasteiger partial charge in [-0.3, -0.25) is 4.79 Å². The largest absolute Gasteiger partial charge is 0.370 e. The van der Waals surface area contributed by atoms with Gasteiger partial charge in [0.25, 0.3) is 5.91 Å². The molecule has 1 amide bonds. The van der Waals surface area contributed by atoms with E-state index in [0.29, 0.717) is 27.6 Å². The molecule has 0 unspecified atom stereocenters. The Bertz CT molecular complexity index is 1100. The maximum Gasteiger partial charge on any atom is 0.277 e. The Labute approximate surface area is 207 Å².